The lowest BCUT2D eigenvalue weighted by Gasteiger charge is -2.42. The van der Waals surface area contributed by atoms with Gasteiger partial charge in [0.25, 0.3) is 0 Å². The highest BCUT2D eigenvalue weighted by molar-refractivity contribution is 5.69. The van der Waals surface area contributed by atoms with Crippen molar-refractivity contribution in [2.45, 2.75) is 37.8 Å². The average molecular weight is 412 g/mol. The first kappa shape index (κ1) is 19.6. The highest BCUT2D eigenvalue weighted by Gasteiger charge is 2.53. The number of ether oxygens (including phenoxy) is 2. The molecule has 3 aliphatic rings. The van der Waals surface area contributed by atoms with Crippen LogP contribution in [0, 0.1) is 11.3 Å². The zero-order valence-electron chi connectivity index (χ0n) is 17.4. The molecule has 0 radical (unpaired) electrons. The molecule has 160 valence electrons. The molecule has 1 saturated carbocycles. The molecule has 3 heterocycles. The van der Waals surface area contributed by atoms with E-state index in [1.165, 1.54) is 11.1 Å². The normalized spacial score (nSPS) is 26.6. The minimum Gasteiger partial charge on any atom is -0.447 e. The van der Waals surface area contributed by atoms with E-state index in [0.29, 0.717) is 19.7 Å². The number of carbonyl (C=O) groups is 1. The minimum absolute atomic E-state index is 0.119. The van der Waals surface area contributed by atoms with Crippen molar-refractivity contribution in [1.82, 2.24) is 14.5 Å². The van der Waals surface area contributed by atoms with Crippen molar-refractivity contribution in [3.8, 4) is 11.3 Å². The van der Waals surface area contributed by atoms with Gasteiger partial charge in [-0.25, -0.2) is 9.78 Å². The number of nitrogens with zero attached hydrogens (tertiary/aromatic N) is 3. The van der Waals surface area contributed by atoms with Crippen molar-refractivity contribution < 1.29 is 19.4 Å². The number of rotatable bonds is 4. The lowest BCUT2D eigenvalue weighted by Crippen LogP contribution is -2.47. The van der Waals surface area contributed by atoms with Crippen LogP contribution in [0.2, 0.25) is 0 Å². The van der Waals surface area contributed by atoms with Gasteiger partial charge in [0, 0.05) is 37.1 Å². The van der Waals surface area contributed by atoms with Gasteiger partial charge in [-0.05, 0) is 31.2 Å². The summed E-state index contributed by atoms with van der Waals surface area (Å²) in [5, 5.41) is 11.5. The zero-order chi connectivity index (χ0) is 20.7. The van der Waals surface area contributed by atoms with Gasteiger partial charge in [0.1, 0.15) is 6.61 Å². The number of imidazole rings is 1. The molecular formula is C23H29N3O4. The third kappa shape index (κ3) is 3.03. The fourth-order valence-corrected chi connectivity index (χ4v) is 5.84. The molecule has 1 aromatic carbocycles. The van der Waals surface area contributed by atoms with Gasteiger partial charge in [-0.3, -0.25) is 0 Å². The van der Waals surface area contributed by atoms with Crippen LogP contribution >= 0.6 is 0 Å². The second-order valence-corrected chi connectivity index (χ2v) is 8.82. The van der Waals surface area contributed by atoms with Crippen LogP contribution in [0.3, 0.4) is 0 Å². The van der Waals surface area contributed by atoms with Crippen LogP contribution < -0.4 is 0 Å². The van der Waals surface area contributed by atoms with Gasteiger partial charge in [-0.2, -0.15) is 0 Å². The molecule has 2 aliphatic heterocycles. The Morgan fingerprint density at radius 1 is 1.23 bits per heavy atom. The maximum absolute atomic E-state index is 12.3. The summed E-state index contributed by atoms with van der Waals surface area (Å²) >= 11 is 0. The number of amides is 1. The van der Waals surface area contributed by atoms with E-state index >= 15 is 0 Å². The Balaban J connectivity index is 1.30. The number of aromatic nitrogens is 2. The number of aliphatic hydroxyl groups is 1. The number of likely N-dealkylation sites (tertiary alicyclic amines) is 1. The summed E-state index contributed by atoms with van der Waals surface area (Å²) in [5.41, 5.74) is 3.53. The number of hydrogen-bond donors (Lipinski definition) is 1. The Hall–Kier alpha value is -2.38. The summed E-state index contributed by atoms with van der Waals surface area (Å²) < 4.78 is 12.4. The van der Waals surface area contributed by atoms with Crippen LogP contribution in [0.15, 0.2) is 36.8 Å². The van der Waals surface area contributed by atoms with E-state index in [0.717, 1.165) is 31.4 Å². The number of methoxy groups -OCH3 is 1. The third-order valence-electron chi connectivity index (χ3n) is 7.47. The SMILES string of the molecule is COCCOC(=O)N1CCC2(CCC(C3c4ccccc4-c4cncn43)C2O)CC1. The van der Waals surface area contributed by atoms with Crippen LogP contribution in [0.5, 0.6) is 0 Å². The first-order valence-electron chi connectivity index (χ1n) is 10.8. The maximum Gasteiger partial charge on any atom is 0.409 e. The summed E-state index contributed by atoms with van der Waals surface area (Å²) in [5.74, 6) is 0.154. The third-order valence-corrected chi connectivity index (χ3v) is 7.47. The fourth-order valence-electron chi connectivity index (χ4n) is 5.84. The predicted octanol–water partition coefficient (Wildman–Crippen LogP) is 3.09. The van der Waals surface area contributed by atoms with Crippen molar-refractivity contribution in [1.29, 1.82) is 0 Å². The van der Waals surface area contributed by atoms with Crippen LogP contribution in [0.25, 0.3) is 11.3 Å². The van der Waals surface area contributed by atoms with Gasteiger partial charge in [0.15, 0.2) is 0 Å². The van der Waals surface area contributed by atoms with E-state index < -0.39 is 6.10 Å². The molecule has 3 unspecified atom stereocenters. The highest BCUT2D eigenvalue weighted by Crippen LogP contribution is 2.55. The standard InChI is InChI=1S/C23H29N3O4/c1-29-12-13-30-22(28)25-10-8-23(9-11-25)7-6-18(21(23)27)20-17-5-3-2-4-16(17)19-14-24-15-26(19)20/h2-5,14-15,18,20-21,27H,6-13H2,1H3. The number of benzene rings is 1. The van der Waals surface area contributed by atoms with Gasteiger partial charge in [0.05, 0.1) is 37.0 Å². The Morgan fingerprint density at radius 2 is 2.03 bits per heavy atom. The van der Waals surface area contributed by atoms with Gasteiger partial charge in [-0.1, -0.05) is 24.3 Å². The smallest absolute Gasteiger partial charge is 0.409 e. The monoisotopic (exact) mass is 411 g/mol. The molecule has 1 aromatic heterocycles. The lowest BCUT2D eigenvalue weighted by molar-refractivity contribution is -0.0263. The molecule has 7 heteroatoms. The molecule has 2 aromatic rings. The van der Waals surface area contributed by atoms with Crippen LogP contribution in [-0.2, 0) is 9.47 Å². The summed E-state index contributed by atoms with van der Waals surface area (Å²) in [4.78, 5) is 18.4. The van der Waals surface area contributed by atoms with E-state index in [4.69, 9.17) is 9.47 Å². The molecule has 5 rings (SSSR count). The topological polar surface area (TPSA) is 76.8 Å². The maximum atomic E-state index is 12.3. The van der Waals surface area contributed by atoms with E-state index in [1.807, 2.05) is 12.5 Å². The molecule has 1 N–H and O–H groups in total. The van der Waals surface area contributed by atoms with E-state index in [-0.39, 0.29) is 30.1 Å². The van der Waals surface area contributed by atoms with E-state index in [2.05, 4.69) is 33.8 Å². The minimum atomic E-state index is -0.393. The Bertz CT molecular complexity index is 919. The zero-order valence-corrected chi connectivity index (χ0v) is 17.4. The Kier molecular flexibility index (Phi) is 5.03. The van der Waals surface area contributed by atoms with Crippen LogP contribution in [0.1, 0.15) is 37.3 Å². The fraction of sp³-hybridized carbons (Fsp3) is 0.565. The molecule has 3 atom stereocenters. The summed E-state index contributed by atoms with van der Waals surface area (Å²) in [6.45, 7) is 1.94. The van der Waals surface area contributed by atoms with Gasteiger partial charge >= 0.3 is 6.09 Å². The molecule has 1 amide bonds. The second-order valence-electron chi connectivity index (χ2n) is 8.82. The quantitative estimate of drug-likeness (QED) is 0.783. The molecule has 30 heavy (non-hydrogen) atoms. The largest absolute Gasteiger partial charge is 0.447 e. The van der Waals surface area contributed by atoms with Gasteiger partial charge in [-0.15, -0.1) is 0 Å². The number of aliphatic hydroxyl groups excluding tert-OH is 1. The summed E-state index contributed by atoms with van der Waals surface area (Å²) in [7, 11) is 1.59. The van der Waals surface area contributed by atoms with Gasteiger partial charge < -0.3 is 24.0 Å². The van der Waals surface area contributed by atoms with Crippen molar-refractivity contribution in [2.75, 3.05) is 33.4 Å². The van der Waals surface area contributed by atoms with Crippen molar-refractivity contribution in [3.05, 3.63) is 42.4 Å². The highest BCUT2D eigenvalue weighted by atomic mass is 16.6. The molecule has 1 spiro atoms. The molecule has 2 fully saturated rings. The number of hydrogen-bond acceptors (Lipinski definition) is 5. The molecule has 0 bridgehead atoms. The molecule has 1 aliphatic carbocycles. The van der Waals surface area contributed by atoms with E-state index in [1.54, 1.807) is 12.0 Å². The first-order chi connectivity index (χ1) is 14.6. The van der Waals surface area contributed by atoms with Crippen molar-refractivity contribution in [3.63, 3.8) is 0 Å². The first-order valence-corrected chi connectivity index (χ1v) is 10.8. The van der Waals surface area contributed by atoms with E-state index in [9.17, 15) is 9.90 Å². The number of fused-ring (bicyclic) bond motifs is 3. The second kappa shape index (κ2) is 7.71. The Labute approximate surface area is 176 Å². The van der Waals surface area contributed by atoms with Crippen molar-refractivity contribution in [2.24, 2.45) is 11.3 Å². The van der Waals surface area contributed by atoms with Crippen LogP contribution in [0.4, 0.5) is 4.79 Å². The molecular weight excluding hydrogens is 382 g/mol. The number of carbonyl (C=O) groups excluding carboxylic acids is 1. The lowest BCUT2D eigenvalue weighted by atomic mass is 9.73. The molecule has 7 nitrogen and oxygen atoms in total. The average Bonchev–Trinajstić information content (AvgIpc) is 3.44. The Morgan fingerprint density at radius 3 is 2.83 bits per heavy atom. The van der Waals surface area contributed by atoms with Crippen LogP contribution in [-0.4, -0.2) is 65.2 Å². The van der Waals surface area contributed by atoms with Crippen molar-refractivity contribution >= 4 is 6.09 Å². The predicted molar refractivity (Wildman–Crippen MR) is 111 cm³/mol. The summed E-state index contributed by atoms with van der Waals surface area (Å²) in [6, 6.07) is 8.60. The molecule has 1 saturated heterocycles. The summed E-state index contributed by atoms with van der Waals surface area (Å²) in [6.07, 6.45) is 6.75. The number of piperidine rings is 1. The van der Waals surface area contributed by atoms with Gasteiger partial charge in [0.2, 0.25) is 0 Å².